The predicted octanol–water partition coefficient (Wildman–Crippen LogP) is 3.64. The molecule has 1 unspecified atom stereocenters. The van der Waals surface area contributed by atoms with Gasteiger partial charge in [0.15, 0.2) is 0 Å². The van der Waals surface area contributed by atoms with Crippen LogP contribution in [0.3, 0.4) is 0 Å². The van der Waals surface area contributed by atoms with Crippen LogP contribution in [0.1, 0.15) is 24.3 Å². The van der Waals surface area contributed by atoms with Crippen LogP contribution in [0.5, 0.6) is 0 Å². The maximum atomic E-state index is 12.2. The zero-order chi connectivity index (χ0) is 11.3. The van der Waals surface area contributed by atoms with Crippen LogP contribution < -0.4 is 0 Å². The van der Waals surface area contributed by atoms with Crippen LogP contribution in [0.2, 0.25) is 0 Å². The molecule has 0 aliphatic rings. The molecule has 1 aromatic carbocycles. The molecule has 0 aliphatic heterocycles. The summed E-state index contributed by atoms with van der Waals surface area (Å²) < 4.78 is 36.6. The van der Waals surface area contributed by atoms with Crippen molar-refractivity contribution >= 4 is 0 Å². The van der Waals surface area contributed by atoms with Crippen LogP contribution in [0.4, 0.5) is 13.2 Å². The quantitative estimate of drug-likeness (QED) is 0.752. The fraction of sp³-hybridized carbons (Fsp3) is 0.364. The van der Waals surface area contributed by atoms with E-state index in [1.807, 2.05) is 0 Å². The molecule has 80 valence electrons. The third kappa shape index (κ3) is 4.03. The fourth-order valence-electron chi connectivity index (χ4n) is 1.42. The molecule has 1 aromatic rings. The van der Waals surface area contributed by atoms with Gasteiger partial charge in [0.2, 0.25) is 0 Å². The number of halogens is 3. The van der Waals surface area contributed by atoms with E-state index in [4.69, 9.17) is 5.26 Å². The molecule has 15 heavy (non-hydrogen) atoms. The van der Waals surface area contributed by atoms with Gasteiger partial charge in [-0.15, -0.1) is 0 Å². The molecule has 1 rings (SSSR count). The Bertz CT molecular complexity index is 337. The molecular weight excluding hydrogens is 203 g/mol. The molecule has 0 radical (unpaired) electrons. The van der Waals surface area contributed by atoms with E-state index in [9.17, 15) is 13.2 Å². The number of hydrogen-bond acceptors (Lipinski definition) is 1. The zero-order valence-electron chi connectivity index (χ0n) is 7.96. The Morgan fingerprint density at radius 1 is 1.20 bits per heavy atom. The lowest BCUT2D eigenvalue weighted by Crippen LogP contribution is -2.13. The lowest BCUT2D eigenvalue weighted by Gasteiger charge is -2.15. The molecular formula is C11H10F3N. The molecule has 0 spiro atoms. The van der Waals surface area contributed by atoms with E-state index in [2.05, 4.69) is 0 Å². The van der Waals surface area contributed by atoms with Gasteiger partial charge in [-0.25, -0.2) is 0 Å². The number of hydrogen-bond donors (Lipinski definition) is 0. The molecule has 1 atom stereocenters. The Hall–Kier alpha value is -1.50. The van der Waals surface area contributed by atoms with Gasteiger partial charge in [0.05, 0.1) is 12.5 Å². The molecule has 0 saturated carbocycles. The summed E-state index contributed by atoms with van der Waals surface area (Å²) >= 11 is 0. The highest BCUT2D eigenvalue weighted by Crippen LogP contribution is 2.32. The molecule has 4 heteroatoms. The first-order valence-electron chi connectivity index (χ1n) is 4.51. The summed E-state index contributed by atoms with van der Waals surface area (Å²) in [6.45, 7) is 0. The first kappa shape index (κ1) is 11.6. The van der Waals surface area contributed by atoms with Crippen LogP contribution in [0, 0.1) is 11.3 Å². The summed E-state index contributed by atoms with van der Waals surface area (Å²) in [5, 5.41) is 8.48. The van der Waals surface area contributed by atoms with Gasteiger partial charge >= 0.3 is 6.18 Å². The lowest BCUT2D eigenvalue weighted by molar-refractivity contribution is -0.138. The predicted molar refractivity (Wildman–Crippen MR) is 50.1 cm³/mol. The lowest BCUT2D eigenvalue weighted by atomic mass is 9.93. The molecule has 1 nitrogen and oxygen atoms in total. The molecule has 0 amide bonds. The Balaban J connectivity index is 2.80. The summed E-state index contributed by atoms with van der Waals surface area (Å²) in [6.07, 6.45) is -5.27. The third-order valence-corrected chi connectivity index (χ3v) is 2.09. The van der Waals surface area contributed by atoms with E-state index in [-0.39, 0.29) is 6.42 Å². The van der Waals surface area contributed by atoms with E-state index in [1.165, 1.54) is 0 Å². The monoisotopic (exact) mass is 213 g/mol. The first-order chi connectivity index (χ1) is 7.03. The highest BCUT2D eigenvalue weighted by Gasteiger charge is 2.32. The van der Waals surface area contributed by atoms with Crippen molar-refractivity contribution < 1.29 is 13.2 Å². The van der Waals surface area contributed by atoms with Crippen LogP contribution in [-0.2, 0) is 0 Å². The van der Waals surface area contributed by atoms with Crippen molar-refractivity contribution in [2.24, 2.45) is 0 Å². The maximum Gasteiger partial charge on any atom is 0.389 e. The van der Waals surface area contributed by atoms with Crippen molar-refractivity contribution in [1.29, 1.82) is 5.26 Å². The standard InChI is InChI=1S/C11H10F3N/c12-11(13,14)8-10(6-7-15)9-4-2-1-3-5-9/h1-5,10H,6,8H2. The second-order valence-corrected chi connectivity index (χ2v) is 3.29. The van der Waals surface area contributed by atoms with Crippen molar-refractivity contribution in [3.8, 4) is 6.07 Å². The number of alkyl halides is 3. The van der Waals surface area contributed by atoms with Crippen molar-refractivity contribution in [3.63, 3.8) is 0 Å². The molecule has 0 aromatic heterocycles. The van der Waals surface area contributed by atoms with E-state index < -0.39 is 18.5 Å². The summed E-state index contributed by atoms with van der Waals surface area (Å²) in [7, 11) is 0. The van der Waals surface area contributed by atoms with Gasteiger partial charge in [0.1, 0.15) is 0 Å². The van der Waals surface area contributed by atoms with Crippen LogP contribution in [-0.4, -0.2) is 6.18 Å². The van der Waals surface area contributed by atoms with Gasteiger partial charge in [-0.3, -0.25) is 0 Å². The molecule has 0 saturated heterocycles. The van der Waals surface area contributed by atoms with Gasteiger partial charge in [0.25, 0.3) is 0 Å². The Morgan fingerprint density at radius 2 is 1.80 bits per heavy atom. The first-order valence-corrected chi connectivity index (χ1v) is 4.51. The average Bonchev–Trinajstić information content (AvgIpc) is 2.17. The van der Waals surface area contributed by atoms with Crippen molar-refractivity contribution in [2.75, 3.05) is 0 Å². The van der Waals surface area contributed by atoms with Crippen LogP contribution in [0.25, 0.3) is 0 Å². The van der Waals surface area contributed by atoms with E-state index in [0.717, 1.165) is 0 Å². The minimum absolute atomic E-state index is 0.108. The Kier molecular flexibility index (Phi) is 3.73. The van der Waals surface area contributed by atoms with Crippen LogP contribution in [0.15, 0.2) is 30.3 Å². The van der Waals surface area contributed by atoms with Gasteiger partial charge in [-0.1, -0.05) is 30.3 Å². The molecule has 0 aliphatic carbocycles. The summed E-state index contributed by atoms with van der Waals surface area (Å²) in [5.41, 5.74) is 0.566. The smallest absolute Gasteiger partial charge is 0.198 e. The number of rotatable bonds is 3. The minimum Gasteiger partial charge on any atom is -0.198 e. The van der Waals surface area contributed by atoms with Crippen molar-refractivity contribution in [3.05, 3.63) is 35.9 Å². The second-order valence-electron chi connectivity index (χ2n) is 3.29. The number of nitriles is 1. The van der Waals surface area contributed by atoms with E-state index in [1.54, 1.807) is 36.4 Å². The third-order valence-electron chi connectivity index (χ3n) is 2.09. The summed E-state index contributed by atoms with van der Waals surface area (Å²) in [4.78, 5) is 0. The summed E-state index contributed by atoms with van der Waals surface area (Å²) in [5.74, 6) is -0.754. The van der Waals surface area contributed by atoms with Gasteiger partial charge in [-0.05, 0) is 5.56 Å². The molecule has 0 bridgehead atoms. The normalized spacial score (nSPS) is 13.2. The van der Waals surface area contributed by atoms with Gasteiger partial charge in [-0.2, -0.15) is 18.4 Å². The van der Waals surface area contributed by atoms with Crippen LogP contribution >= 0.6 is 0 Å². The van der Waals surface area contributed by atoms with Crippen molar-refractivity contribution in [1.82, 2.24) is 0 Å². The molecule has 0 fully saturated rings. The SMILES string of the molecule is N#CCC(CC(F)(F)F)c1ccccc1. The number of nitrogens with zero attached hydrogens (tertiary/aromatic N) is 1. The maximum absolute atomic E-state index is 12.2. The molecule has 0 N–H and O–H groups in total. The van der Waals surface area contributed by atoms with Gasteiger partial charge in [0, 0.05) is 12.3 Å². The zero-order valence-corrected chi connectivity index (χ0v) is 7.96. The Labute approximate surface area is 86.1 Å². The fourth-order valence-corrected chi connectivity index (χ4v) is 1.42. The number of benzene rings is 1. The largest absolute Gasteiger partial charge is 0.389 e. The van der Waals surface area contributed by atoms with E-state index >= 15 is 0 Å². The highest BCUT2D eigenvalue weighted by atomic mass is 19.4. The summed E-state index contributed by atoms with van der Waals surface area (Å²) in [6, 6.07) is 10.1. The molecule has 0 heterocycles. The minimum atomic E-state index is -4.22. The Morgan fingerprint density at radius 3 is 2.27 bits per heavy atom. The average molecular weight is 213 g/mol. The topological polar surface area (TPSA) is 23.8 Å². The second kappa shape index (κ2) is 4.83. The van der Waals surface area contributed by atoms with Gasteiger partial charge < -0.3 is 0 Å². The highest BCUT2D eigenvalue weighted by molar-refractivity contribution is 5.20. The van der Waals surface area contributed by atoms with Crippen molar-refractivity contribution in [2.45, 2.75) is 24.9 Å². The van der Waals surface area contributed by atoms with E-state index in [0.29, 0.717) is 5.56 Å².